The van der Waals surface area contributed by atoms with Crippen LogP contribution in [0, 0.1) is 0 Å². The van der Waals surface area contributed by atoms with E-state index in [2.05, 4.69) is 25.9 Å². The Hall–Kier alpha value is -5.50. The summed E-state index contributed by atoms with van der Waals surface area (Å²) in [5, 5.41) is 16.7. The molecule has 12 nitrogen and oxygen atoms in total. The number of nitrogens with one attached hydrogen (secondary N) is 3. The molecule has 2 aromatic heterocycles. The lowest BCUT2D eigenvalue weighted by atomic mass is 10.1. The molecule has 0 aliphatic rings. The summed E-state index contributed by atoms with van der Waals surface area (Å²) in [6, 6.07) is 20.8. The normalized spacial score (nSPS) is 11.9. The van der Waals surface area contributed by atoms with Gasteiger partial charge in [-0.3, -0.25) is 29.3 Å². The van der Waals surface area contributed by atoms with Crippen molar-refractivity contribution in [1.29, 1.82) is 0 Å². The Morgan fingerprint density at radius 2 is 1.65 bits per heavy atom. The number of halogens is 2. The van der Waals surface area contributed by atoms with E-state index in [1.165, 1.54) is 0 Å². The van der Waals surface area contributed by atoms with E-state index < -0.39 is 48.6 Å². The Balaban J connectivity index is 1.38. The van der Waals surface area contributed by atoms with Crippen molar-refractivity contribution in [2.24, 2.45) is 0 Å². The molecule has 0 fully saturated rings. The zero-order chi connectivity index (χ0) is 34.7. The van der Waals surface area contributed by atoms with Gasteiger partial charge in [-0.15, -0.1) is 0 Å². The SMILES string of the molecule is CC(C)c1cc(CCNC(=O)C(F)(F)C(O)CNC(=O)Cn2c(-c3ccccc3)ncc(NC(=O)OCc3ccccc3)c2=O)ccn1. The number of carbonyl (C=O) groups excluding carboxylic acids is 3. The van der Waals surface area contributed by atoms with Crippen LogP contribution in [-0.2, 0) is 33.9 Å². The molecule has 3 amide bonds. The van der Waals surface area contributed by atoms with E-state index in [0.29, 0.717) is 5.56 Å². The summed E-state index contributed by atoms with van der Waals surface area (Å²) in [5.74, 6) is -6.64. The fourth-order valence-electron chi connectivity index (χ4n) is 4.50. The number of carbonyl (C=O) groups is 3. The lowest BCUT2D eigenvalue weighted by molar-refractivity contribution is -0.163. The van der Waals surface area contributed by atoms with Gasteiger partial charge >= 0.3 is 12.0 Å². The smallest absolute Gasteiger partial charge is 0.412 e. The van der Waals surface area contributed by atoms with Crippen molar-refractivity contribution < 1.29 is 33.0 Å². The molecule has 0 saturated carbocycles. The third-order valence-electron chi connectivity index (χ3n) is 7.18. The lowest BCUT2D eigenvalue weighted by Crippen LogP contribution is -2.53. The highest BCUT2D eigenvalue weighted by atomic mass is 19.3. The average molecular weight is 663 g/mol. The van der Waals surface area contributed by atoms with Crippen molar-refractivity contribution in [1.82, 2.24) is 25.2 Å². The molecule has 1 unspecified atom stereocenters. The second kappa shape index (κ2) is 16.4. The molecule has 0 aliphatic heterocycles. The van der Waals surface area contributed by atoms with Crippen LogP contribution in [0.15, 0.2) is 90.0 Å². The van der Waals surface area contributed by atoms with Crippen LogP contribution in [0.3, 0.4) is 0 Å². The number of benzene rings is 2. The Morgan fingerprint density at radius 3 is 2.33 bits per heavy atom. The molecule has 4 N–H and O–H groups in total. The van der Waals surface area contributed by atoms with Crippen molar-refractivity contribution in [3.8, 4) is 11.4 Å². The van der Waals surface area contributed by atoms with E-state index >= 15 is 0 Å². The maximum absolute atomic E-state index is 14.7. The first-order chi connectivity index (χ1) is 23.0. The van der Waals surface area contributed by atoms with E-state index in [-0.39, 0.29) is 37.0 Å². The highest BCUT2D eigenvalue weighted by Gasteiger charge is 2.46. The number of nitrogens with zero attached hydrogens (tertiary/aromatic N) is 3. The first-order valence-corrected chi connectivity index (χ1v) is 15.1. The summed E-state index contributed by atoms with van der Waals surface area (Å²) >= 11 is 0. The maximum Gasteiger partial charge on any atom is 0.412 e. The van der Waals surface area contributed by atoms with Gasteiger partial charge in [-0.2, -0.15) is 8.78 Å². The van der Waals surface area contributed by atoms with Crippen LogP contribution in [0.5, 0.6) is 0 Å². The molecular weight excluding hydrogens is 626 g/mol. The Bertz CT molecular complexity index is 1770. The molecule has 48 heavy (non-hydrogen) atoms. The van der Waals surface area contributed by atoms with Gasteiger partial charge in [0.15, 0.2) is 0 Å². The van der Waals surface area contributed by atoms with Gasteiger partial charge in [0.25, 0.3) is 11.5 Å². The number of hydrogen-bond donors (Lipinski definition) is 4. The monoisotopic (exact) mass is 662 g/mol. The van der Waals surface area contributed by atoms with E-state index in [9.17, 15) is 33.1 Å². The average Bonchev–Trinajstić information content (AvgIpc) is 3.09. The van der Waals surface area contributed by atoms with Crippen molar-refractivity contribution in [2.75, 3.05) is 18.4 Å². The maximum atomic E-state index is 14.7. The number of amides is 3. The van der Waals surface area contributed by atoms with E-state index in [1.807, 2.05) is 19.9 Å². The Kier molecular flexibility index (Phi) is 12.1. The molecule has 252 valence electrons. The van der Waals surface area contributed by atoms with Crippen LogP contribution in [0.2, 0.25) is 0 Å². The number of aromatic nitrogens is 3. The van der Waals surface area contributed by atoms with Crippen LogP contribution in [0.4, 0.5) is 19.3 Å². The van der Waals surface area contributed by atoms with E-state index in [1.54, 1.807) is 72.9 Å². The standard InChI is InChI=1S/C34H36F2N6O6/c1-22(2)26-17-23(13-15-37-26)14-16-38-32(46)34(35,36)28(43)19-39-29(44)20-42-30(25-11-7-4-8-12-25)40-18-27(31(42)45)41-33(47)48-21-24-9-5-3-6-10-24/h3-13,15,17-18,22,28,43H,14,16,19-21H2,1-2H3,(H,38,46)(H,39,44)(H,41,47). The molecule has 2 heterocycles. The highest BCUT2D eigenvalue weighted by molar-refractivity contribution is 5.85. The molecule has 4 aromatic rings. The molecular formula is C34H36F2N6O6. The topological polar surface area (TPSA) is 165 Å². The number of anilines is 1. The van der Waals surface area contributed by atoms with Crippen LogP contribution in [0.25, 0.3) is 11.4 Å². The van der Waals surface area contributed by atoms with Crippen LogP contribution >= 0.6 is 0 Å². The molecule has 0 bridgehead atoms. The quantitative estimate of drug-likeness (QED) is 0.159. The molecule has 0 aliphatic carbocycles. The molecule has 1 atom stereocenters. The minimum absolute atomic E-state index is 0.0546. The number of rotatable bonds is 14. The van der Waals surface area contributed by atoms with Gasteiger partial charge in [-0.05, 0) is 35.6 Å². The molecule has 2 aromatic carbocycles. The van der Waals surface area contributed by atoms with Crippen molar-refractivity contribution >= 4 is 23.6 Å². The van der Waals surface area contributed by atoms with E-state index in [4.69, 9.17) is 4.74 Å². The molecule has 14 heteroatoms. The predicted octanol–water partition coefficient (Wildman–Crippen LogP) is 3.65. The van der Waals surface area contributed by atoms with Gasteiger partial charge in [-0.1, -0.05) is 74.5 Å². The molecule has 0 saturated heterocycles. The number of pyridine rings is 1. The largest absolute Gasteiger partial charge is 0.444 e. The van der Waals surface area contributed by atoms with Crippen LogP contribution in [-0.4, -0.2) is 62.7 Å². The first kappa shape index (κ1) is 35.4. The summed E-state index contributed by atoms with van der Waals surface area (Å²) in [5.41, 5.74) is 1.68. The fourth-order valence-corrected chi connectivity index (χ4v) is 4.50. The number of aliphatic hydroxyl groups excluding tert-OH is 1. The first-order valence-electron chi connectivity index (χ1n) is 15.1. The third kappa shape index (κ3) is 9.51. The summed E-state index contributed by atoms with van der Waals surface area (Å²) < 4.78 is 35.6. The van der Waals surface area contributed by atoms with Crippen LogP contribution in [0.1, 0.15) is 36.6 Å². The van der Waals surface area contributed by atoms with Crippen molar-refractivity contribution in [3.05, 3.63) is 112 Å². The predicted molar refractivity (Wildman–Crippen MR) is 173 cm³/mol. The van der Waals surface area contributed by atoms with E-state index in [0.717, 1.165) is 27.6 Å². The van der Waals surface area contributed by atoms with Gasteiger partial charge < -0.3 is 20.5 Å². The molecule has 0 radical (unpaired) electrons. The fraction of sp³-hybridized carbons (Fsp3) is 0.294. The summed E-state index contributed by atoms with van der Waals surface area (Å²) in [6.07, 6.45) is -0.517. The number of ether oxygens (including phenoxy) is 1. The van der Waals surface area contributed by atoms with Gasteiger partial charge in [0.2, 0.25) is 5.91 Å². The zero-order valence-electron chi connectivity index (χ0n) is 26.4. The molecule has 4 rings (SSSR count). The summed E-state index contributed by atoms with van der Waals surface area (Å²) in [6.45, 7) is 2.05. The van der Waals surface area contributed by atoms with Crippen molar-refractivity contribution in [2.45, 2.75) is 51.4 Å². The van der Waals surface area contributed by atoms with Crippen molar-refractivity contribution in [3.63, 3.8) is 0 Å². The zero-order valence-corrected chi connectivity index (χ0v) is 26.4. The van der Waals surface area contributed by atoms with Crippen LogP contribution < -0.4 is 21.5 Å². The summed E-state index contributed by atoms with van der Waals surface area (Å²) in [4.78, 5) is 59.4. The number of hydrogen-bond acceptors (Lipinski definition) is 8. The molecule has 0 spiro atoms. The summed E-state index contributed by atoms with van der Waals surface area (Å²) in [7, 11) is 0. The van der Waals surface area contributed by atoms with Gasteiger partial charge in [0.05, 0.1) is 12.7 Å². The second-order valence-corrected chi connectivity index (χ2v) is 11.1. The second-order valence-electron chi connectivity index (χ2n) is 11.1. The van der Waals surface area contributed by atoms with Gasteiger partial charge in [-0.25, -0.2) is 9.78 Å². The lowest BCUT2D eigenvalue weighted by Gasteiger charge is -2.22. The number of alkyl halides is 2. The van der Waals surface area contributed by atoms with Gasteiger partial charge in [0, 0.05) is 24.0 Å². The highest BCUT2D eigenvalue weighted by Crippen LogP contribution is 2.20. The Morgan fingerprint density at radius 1 is 0.958 bits per heavy atom. The Labute approximate surface area is 275 Å². The van der Waals surface area contributed by atoms with Gasteiger partial charge in [0.1, 0.15) is 30.8 Å². The third-order valence-corrected chi connectivity index (χ3v) is 7.18. The minimum Gasteiger partial charge on any atom is -0.444 e. The minimum atomic E-state index is -4.23. The number of aliphatic hydroxyl groups is 1.